The molecule has 4 nitrogen and oxygen atoms in total. The summed E-state index contributed by atoms with van der Waals surface area (Å²) in [5.41, 5.74) is 0. The van der Waals surface area contributed by atoms with Gasteiger partial charge in [-0.05, 0) is 51.9 Å². The fourth-order valence-corrected chi connectivity index (χ4v) is 3.76. The molecule has 0 atom stereocenters. The van der Waals surface area contributed by atoms with Crippen LogP contribution in [0.25, 0.3) is 0 Å². The van der Waals surface area contributed by atoms with Crippen molar-refractivity contribution in [1.82, 2.24) is 14.7 Å². The number of nitrogens with zero attached hydrogens (tertiary/aromatic N) is 3. The third-order valence-corrected chi connectivity index (χ3v) is 4.96. The van der Waals surface area contributed by atoms with Crippen LogP contribution < -0.4 is 0 Å². The van der Waals surface area contributed by atoms with E-state index >= 15 is 0 Å². The fourth-order valence-electron chi connectivity index (χ4n) is 3.76. The predicted octanol–water partition coefficient (Wildman–Crippen LogP) is 1.17. The van der Waals surface area contributed by atoms with Crippen LogP contribution in [-0.2, 0) is 4.79 Å². The molecule has 0 bridgehead atoms. The van der Waals surface area contributed by atoms with Crippen LogP contribution >= 0.6 is 0 Å². The summed E-state index contributed by atoms with van der Waals surface area (Å²) in [5.74, 6) is 0.454. The first-order valence-electron chi connectivity index (χ1n) is 8.05. The Bertz CT molecular complexity index is 283. The third-order valence-electron chi connectivity index (χ3n) is 4.96. The van der Waals surface area contributed by atoms with Crippen LogP contribution in [0.5, 0.6) is 0 Å². The molecule has 3 heterocycles. The van der Waals surface area contributed by atoms with Gasteiger partial charge in [-0.1, -0.05) is 0 Å². The fraction of sp³-hybridized carbons (Fsp3) is 0.933. The third kappa shape index (κ3) is 3.36. The van der Waals surface area contributed by atoms with E-state index in [1.807, 2.05) is 0 Å². The molecule has 3 aliphatic rings. The zero-order valence-corrected chi connectivity index (χ0v) is 12.0. The minimum atomic E-state index is 0.454. The van der Waals surface area contributed by atoms with Gasteiger partial charge in [0.25, 0.3) is 0 Å². The molecule has 0 spiro atoms. The molecule has 0 N–H and O–H groups in total. The van der Waals surface area contributed by atoms with Gasteiger partial charge in [-0.2, -0.15) is 0 Å². The summed E-state index contributed by atoms with van der Waals surface area (Å²) in [6.45, 7) is 8.20. The van der Waals surface area contributed by atoms with Crippen molar-refractivity contribution in [2.24, 2.45) is 0 Å². The molecule has 0 aromatic carbocycles. The van der Waals surface area contributed by atoms with Gasteiger partial charge >= 0.3 is 0 Å². The molecular weight excluding hydrogens is 238 g/mol. The highest BCUT2D eigenvalue weighted by molar-refractivity contribution is 5.79. The minimum Gasteiger partial charge on any atom is -0.300 e. The number of carbonyl (C=O) groups is 1. The number of carbonyl (C=O) groups excluding carboxylic acids is 1. The molecule has 0 unspecified atom stereocenters. The van der Waals surface area contributed by atoms with Crippen LogP contribution in [-0.4, -0.2) is 72.5 Å². The lowest BCUT2D eigenvalue weighted by Gasteiger charge is -2.39. The molecule has 19 heavy (non-hydrogen) atoms. The Morgan fingerprint density at radius 3 is 1.74 bits per heavy atom. The summed E-state index contributed by atoms with van der Waals surface area (Å²) in [5, 5.41) is 0. The van der Waals surface area contributed by atoms with Crippen LogP contribution in [0.1, 0.15) is 38.5 Å². The molecule has 3 rings (SSSR count). The van der Waals surface area contributed by atoms with Crippen LogP contribution in [0.3, 0.4) is 0 Å². The van der Waals surface area contributed by atoms with E-state index < -0.39 is 0 Å². The van der Waals surface area contributed by atoms with Crippen LogP contribution in [0.4, 0.5) is 0 Å². The number of ketones is 1. The normalized spacial score (nSPS) is 27.7. The van der Waals surface area contributed by atoms with Crippen molar-refractivity contribution in [1.29, 1.82) is 0 Å². The van der Waals surface area contributed by atoms with Gasteiger partial charge < -0.3 is 0 Å². The first-order valence-corrected chi connectivity index (χ1v) is 8.05. The van der Waals surface area contributed by atoms with Gasteiger partial charge in [0, 0.05) is 32.5 Å². The van der Waals surface area contributed by atoms with Crippen LogP contribution in [0.15, 0.2) is 0 Å². The van der Waals surface area contributed by atoms with Gasteiger partial charge in [0.15, 0.2) is 0 Å². The molecule has 0 amide bonds. The lowest BCUT2D eigenvalue weighted by atomic mass is 10.1. The second-order valence-corrected chi connectivity index (χ2v) is 6.31. The SMILES string of the molecule is O=C1CCN(CC(N2CCCC2)N2CCCC2)CC1. The summed E-state index contributed by atoms with van der Waals surface area (Å²) >= 11 is 0. The van der Waals surface area contributed by atoms with Crippen molar-refractivity contribution in [3.8, 4) is 0 Å². The first kappa shape index (κ1) is 13.5. The number of hydrogen-bond donors (Lipinski definition) is 0. The predicted molar refractivity (Wildman–Crippen MR) is 76.1 cm³/mol. The number of piperidine rings is 1. The molecule has 0 aromatic heterocycles. The molecule has 3 aliphatic heterocycles. The van der Waals surface area contributed by atoms with Gasteiger partial charge in [0.1, 0.15) is 5.78 Å². The Morgan fingerprint density at radius 2 is 1.26 bits per heavy atom. The molecule has 0 aromatic rings. The number of Topliss-reactive ketones (excluding diaryl/α,β-unsaturated/α-hetero) is 1. The summed E-state index contributed by atoms with van der Waals surface area (Å²) in [6, 6.07) is 0. The maximum Gasteiger partial charge on any atom is 0.135 e. The van der Waals surface area contributed by atoms with Crippen molar-refractivity contribution in [3.63, 3.8) is 0 Å². The van der Waals surface area contributed by atoms with Gasteiger partial charge in [-0.25, -0.2) is 0 Å². The Kier molecular flexibility index (Phi) is 4.51. The molecule has 3 saturated heterocycles. The van der Waals surface area contributed by atoms with Crippen molar-refractivity contribution >= 4 is 5.78 Å². The van der Waals surface area contributed by atoms with E-state index in [0.29, 0.717) is 11.9 Å². The average Bonchev–Trinajstić information content (AvgIpc) is 3.11. The lowest BCUT2D eigenvalue weighted by molar-refractivity contribution is -0.121. The van der Waals surface area contributed by atoms with Crippen molar-refractivity contribution in [3.05, 3.63) is 0 Å². The van der Waals surface area contributed by atoms with E-state index in [4.69, 9.17) is 0 Å². The van der Waals surface area contributed by atoms with Crippen molar-refractivity contribution in [2.75, 3.05) is 45.8 Å². The number of rotatable bonds is 4. The van der Waals surface area contributed by atoms with Crippen molar-refractivity contribution in [2.45, 2.75) is 44.7 Å². The first-order chi connectivity index (χ1) is 9.33. The zero-order valence-electron chi connectivity index (χ0n) is 12.0. The Labute approximate surface area is 116 Å². The Morgan fingerprint density at radius 1 is 0.789 bits per heavy atom. The average molecular weight is 265 g/mol. The van der Waals surface area contributed by atoms with Gasteiger partial charge in [-0.3, -0.25) is 19.5 Å². The van der Waals surface area contributed by atoms with E-state index in [2.05, 4.69) is 14.7 Å². The van der Waals surface area contributed by atoms with Crippen LogP contribution in [0, 0.1) is 0 Å². The largest absolute Gasteiger partial charge is 0.300 e. The standard InChI is InChI=1S/C15H27N3O/c19-14-5-11-16(12-6-14)13-15(17-7-1-2-8-17)18-9-3-4-10-18/h15H,1-13H2. The monoisotopic (exact) mass is 265 g/mol. The highest BCUT2D eigenvalue weighted by atomic mass is 16.1. The molecule has 4 heteroatoms. The summed E-state index contributed by atoms with van der Waals surface area (Å²) in [7, 11) is 0. The summed E-state index contributed by atoms with van der Waals surface area (Å²) < 4.78 is 0. The highest BCUT2D eigenvalue weighted by Crippen LogP contribution is 2.21. The molecule has 0 aliphatic carbocycles. The second kappa shape index (κ2) is 6.33. The summed E-state index contributed by atoms with van der Waals surface area (Å²) in [4.78, 5) is 19.2. The lowest BCUT2D eigenvalue weighted by Crippen LogP contribution is -2.53. The molecule has 0 radical (unpaired) electrons. The molecular formula is C15H27N3O. The minimum absolute atomic E-state index is 0.454. The smallest absolute Gasteiger partial charge is 0.135 e. The number of likely N-dealkylation sites (tertiary alicyclic amines) is 3. The van der Waals surface area contributed by atoms with Gasteiger partial charge in [0.05, 0.1) is 6.17 Å². The molecule has 3 fully saturated rings. The zero-order chi connectivity index (χ0) is 13.1. The Balaban J connectivity index is 1.59. The number of hydrogen-bond acceptors (Lipinski definition) is 4. The van der Waals surface area contributed by atoms with E-state index in [-0.39, 0.29) is 0 Å². The van der Waals surface area contributed by atoms with E-state index in [0.717, 1.165) is 32.5 Å². The molecule has 108 valence electrons. The maximum absolute atomic E-state index is 11.4. The second-order valence-electron chi connectivity index (χ2n) is 6.31. The van der Waals surface area contributed by atoms with Gasteiger partial charge in [-0.15, -0.1) is 0 Å². The maximum atomic E-state index is 11.4. The topological polar surface area (TPSA) is 26.8 Å². The van der Waals surface area contributed by atoms with Crippen LogP contribution in [0.2, 0.25) is 0 Å². The summed E-state index contributed by atoms with van der Waals surface area (Å²) in [6.07, 6.45) is 7.61. The quantitative estimate of drug-likeness (QED) is 0.762. The van der Waals surface area contributed by atoms with E-state index in [1.165, 1.54) is 51.9 Å². The van der Waals surface area contributed by atoms with E-state index in [9.17, 15) is 4.79 Å². The Hall–Kier alpha value is -0.450. The van der Waals surface area contributed by atoms with E-state index in [1.54, 1.807) is 0 Å². The van der Waals surface area contributed by atoms with Crippen molar-refractivity contribution < 1.29 is 4.79 Å². The molecule has 0 saturated carbocycles. The van der Waals surface area contributed by atoms with Gasteiger partial charge in [0.2, 0.25) is 0 Å². The highest BCUT2D eigenvalue weighted by Gasteiger charge is 2.31.